The molecule has 0 aromatic heterocycles. The number of hydrogen-bond acceptors (Lipinski definition) is 5. The van der Waals surface area contributed by atoms with Crippen molar-refractivity contribution in [2.24, 2.45) is 0 Å². The molecule has 92 valence electrons. The summed E-state index contributed by atoms with van der Waals surface area (Å²) in [6.45, 7) is 0. The lowest BCUT2D eigenvalue weighted by molar-refractivity contribution is -0.141. The van der Waals surface area contributed by atoms with Gasteiger partial charge in [0.1, 0.15) is 5.78 Å². The summed E-state index contributed by atoms with van der Waals surface area (Å²) in [5, 5.41) is 0. The van der Waals surface area contributed by atoms with Crippen molar-refractivity contribution >= 4 is 30.6 Å². The highest BCUT2D eigenvalue weighted by atomic mass is 32.2. The van der Waals surface area contributed by atoms with Gasteiger partial charge in [0, 0.05) is 12.2 Å². The van der Waals surface area contributed by atoms with Crippen LogP contribution in [0.15, 0.2) is 12.2 Å². The zero-order chi connectivity index (χ0) is 12.3. The number of rotatable bonds is 4. The zero-order valence-corrected chi connectivity index (χ0v) is 10.6. The fraction of sp³-hybridized carbons (Fsp3) is 0.636. The molecule has 2 heterocycles. The molecule has 0 amide bonds. The van der Waals surface area contributed by atoms with Crippen molar-refractivity contribution in [3.8, 4) is 0 Å². The molecular weight excluding hydrogens is 239 g/mol. The van der Waals surface area contributed by atoms with Gasteiger partial charge in [-0.1, -0.05) is 12.2 Å². The molecule has 0 aliphatic carbocycles. The van der Waals surface area contributed by atoms with Gasteiger partial charge >= 0.3 is 7.12 Å². The fourth-order valence-corrected chi connectivity index (χ4v) is 2.56. The van der Waals surface area contributed by atoms with Gasteiger partial charge in [0.2, 0.25) is 0 Å². The van der Waals surface area contributed by atoms with E-state index in [-0.39, 0.29) is 30.1 Å². The minimum atomic E-state index is -0.554. The van der Waals surface area contributed by atoms with Crippen LogP contribution in [-0.4, -0.2) is 37.0 Å². The highest BCUT2D eigenvalue weighted by Gasteiger charge is 2.41. The first-order valence-corrected chi connectivity index (χ1v) is 7.10. The van der Waals surface area contributed by atoms with Crippen LogP contribution in [0.2, 0.25) is 5.82 Å². The number of allylic oxidation sites excluding steroid dienone is 1. The molecule has 4 nitrogen and oxygen atoms in total. The van der Waals surface area contributed by atoms with E-state index in [0.29, 0.717) is 12.2 Å². The Hall–Kier alpha value is -0.745. The summed E-state index contributed by atoms with van der Waals surface area (Å²) >= 11 is 1.51. The van der Waals surface area contributed by atoms with E-state index in [9.17, 15) is 9.59 Å². The molecule has 1 saturated heterocycles. The molecule has 6 heteroatoms. The molecule has 2 bridgehead atoms. The number of carbonyl (C=O) groups excluding carboxylic acids is 2. The van der Waals surface area contributed by atoms with Gasteiger partial charge in [-0.25, -0.2) is 0 Å². The Morgan fingerprint density at radius 1 is 1.65 bits per heavy atom. The highest BCUT2D eigenvalue weighted by molar-refractivity contribution is 7.99. The quantitative estimate of drug-likeness (QED) is 0.561. The SMILES string of the molecule is CSCC(=O)C[C@H]1CC=C[C@@H]2CC(=O)OB1O2. The molecule has 2 aliphatic rings. The van der Waals surface area contributed by atoms with Gasteiger partial charge in [0.05, 0.1) is 18.3 Å². The lowest BCUT2D eigenvalue weighted by Crippen LogP contribution is -2.40. The Balaban J connectivity index is 1.99. The summed E-state index contributed by atoms with van der Waals surface area (Å²) in [7, 11) is -0.554. The summed E-state index contributed by atoms with van der Waals surface area (Å²) in [6, 6.07) is 0. The maximum Gasteiger partial charge on any atom is 0.531 e. The maximum atomic E-state index is 11.6. The number of hydrogen-bond donors (Lipinski definition) is 0. The van der Waals surface area contributed by atoms with Gasteiger partial charge in [-0.15, -0.1) is 0 Å². The van der Waals surface area contributed by atoms with Gasteiger partial charge in [-0.2, -0.15) is 11.8 Å². The van der Waals surface area contributed by atoms with Crippen LogP contribution >= 0.6 is 11.8 Å². The van der Waals surface area contributed by atoms with Crippen molar-refractivity contribution in [2.45, 2.75) is 31.2 Å². The standard InChI is InChI=1S/C11H15BO4S/c1-17-7-9(13)5-8-3-2-4-10-6-11(14)16-12(8)15-10/h2,4,8,10H,3,5-7H2,1H3/t8-,10-/m1/s1. The molecule has 17 heavy (non-hydrogen) atoms. The molecule has 0 N–H and O–H groups in total. The fourth-order valence-electron chi connectivity index (χ4n) is 2.12. The molecule has 0 radical (unpaired) electrons. The first-order valence-electron chi connectivity index (χ1n) is 5.71. The average molecular weight is 254 g/mol. The van der Waals surface area contributed by atoms with Crippen LogP contribution in [0.3, 0.4) is 0 Å². The van der Waals surface area contributed by atoms with Crippen molar-refractivity contribution in [2.75, 3.05) is 12.0 Å². The Kier molecular flexibility index (Phi) is 4.28. The minimum Gasteiger partial charge on any atom is -0.509 e. The Bertz CT molecular complexity index is 344. The van der Waals surface area contributed by atoms with E-state index in [1.807, 2.05) is 18.4 Å². The highest BCUT2D eigenvalue weighted by Crippen LogP contribution is 2.30. The Labute approximate surface area is 105 Å². The molecule has 0 aromatic carbocycles. The average Bonchev–Trinajstić information content (AvgIpc) is 2.39. The van der Waals surface area contributed by atoms with Gasteiger partial charge < -0.3 is 9.31 Å². The Morgan fingerprint density at radius 3 is 3.24 bits per heavy atom. The van der Waals surface area contributed by atoms with E-state index >= 15 is 0 Å². The van der Waals surface area contributed by atoms with Crippen molar-refractivity contribution in [1.29, 1.82) is 0 Å². The van der Waals surface area contributed by atoms with Gasteiger partial charge in [0.15, 0.2) is 0 Å². The minimum absolute atomic E-state index is 0.0415. The summed E-state index contributed by atoms with van der Waals surface area (Å²) in [6.07, 6.45) is 7.03. The zero-order valence-electron chi connectivity index (χ0n) is 9.76. The predicted molar refractivity (Wildman–Crippen MR) is 66.8 cm³/mol. The summed E-state index contributed by atoms with van der Waals surface area (Å²) in [5.74, 6) is 0.407. The lowest BCUT2D eigenvalue weighted by Gasteiger charge is -2.27. The first-order chi connectivity index (χ1) is 8.19. The normalized spacial score (nSPS) is 27.6. The molecule has 2 atom stereocenters. The van der Waals surface area contributed by atoms with E-state index in [2.05, 4.69) is 0 Å². The van der Waals surface area contributed by atoms with Gasteiger partial charge in [-0.3, -0.25) is 9.59 Å². The van der Waals surface area contributed by atoms with Crippen LogP contribution in [0.25, 0.3) is 0 Å². The molecule has 2 rings (SSSR count). The van der Waals surface area contributed by atoms with Crippen LogP contribution < -0.4 is 0 Å². The predicted octanol–water partition coefficient (Wildman–Crippen LogP) is 1.46. The number of ketones is 1. The smallest absolute Gasteiger partial charge is 0.509 e. The maximum absolute atomic E-state index is 11.6. The van der Waals surface area contributed by atoms with Gasteiger partial charge in [-0.05, 0) is 12.7 Å². The van der Waals surface area contributed by atoms with E-state index in [0.717, 1.165) is 6.42 Å². The third kappa shape index (κ3) is 3.36. The van der Waals surface area contributed by atoms with E-state index in [1.54, 1.807) is 0 Å². The van der Waals surface area contributed by atoms with Crippen molar-refractivity contribution in [1.82, 2.24) is 0 Å². The van der Waals surface area contributed by atoms with E-state index in [4.69, 9.17) is 9.31 Å². The van der Waals surface area contributed by atoms with Crippen molar-refractivity contribution in [3.63, 3.8) is 0 Å². The molecule has 1 fully saturated rings. The van der Waals surface area contributed by atoms with Crippen LogP contribution in [0.4, 0.5) is 0 Å². The lowest BCUT2D eigenvalue weighted by atomic mass is 9.67. The molecule has 2 aliphatic heterocycles. The number of Topliss-reactive ketones (excluding diaryl/α,β-unsaturated/α-hetero) is 1. The largest absolute Gasteiger partial charge is 0.531 e. The molecule has 0 unspecified atom stereocenters. The summed E-state index contributed by atoms with van der Waals surface area (Å²) in [5.41, 5.74) is 0. The monoisotopic (exact) mass is 254 g/mol. The second-order valence-electron chi connectivity index (χ2n) is 4.34. The van der Waals surface area contributed by atoms with Crippen LogP contribution in [0.1, 0.15) is 19.3 Å². The van der Waals surface area contributed by atoms with Crippen molar-refractivity contribution < 1.29 is 18.9 Å². The van der Waals surface area contributed by atoms with E-state index < -0.39 is 7.12 Å². The Morgan fingerprint density at radius 2 is 2.47 bits per heavy atom. The van der Waals surface area contributed by atoms with Crippen LogP contribution in [-0.2, 0) is 18.9 Å². The third-order valence-corrected chi connectivity index (χ3v) is 3.50. The number of fused-ring (bicyclic) bond motifs is 2. The van der Waals surface area contributed by atoms with Crippen LogP contribution in [0.5, 0.6) is 0 Å². The summed E-state index contributed by atoms with van der Waals surface area (Å²) in [4.78, 5) is 23.0. The van der Waals surface area contributed by atoms with Gasteiger partial charge in [0.25, 0.3) is 5.97 Å². The van der Waals surface area contributed by atoms with E-state index in [1.165, 1.54) is 11.8 Å². The molecule has 0 aromatic rings. The topological polar surface area (TPSA) is 52.6 Å². The molecule has 0 saturated carbocycles. The molecule has 0 spiro atoms. The van der Waals surface area contributed by atoms with Crippen molar-refractivity contribution in [3.05, 3.63) is 12.2 Å². The first kappa shape index (κ1) is 12.7. The van der Waals surface area contributed by atoms with Crippen LogP contribution in [0, 0.1) is 0 Å². The molecular formula is C11H15BO4S. The second-order valence-corrected chi connectivity index (χ2v) is 5.20. The number of carbonyl (C=O) groups is 2. The number of thioether (sulfide) groups is 1. The summed E-state index contributed by atoms with van der Waals surface area (Å²) < 4.78 is 10.8. The third-order valence-electron chi connectivity index (χ3n) is 2.89. The second kappa shape index (κ2) is 5.73.